The van der Waals surface area contributed by atoms with Crippen molar-refractivity contribution in [1.29, 1.82) is 0 Å². The van der Waals surface area contributed by atoms with Crippen molar-refractivity contribution in [3.05, 3.63) is 59.7 Å². The topological polar surface area (TPSA) is 73.8 Å². The smallest absolute Gasteiger partial charge is 0.261 e. The molecule has 4 rings (SSSR count). The summed E-state index contributed by atoms with van der Waals surface area (Å²) in [6, 6.07) is 16.1. The highest BCUT2D eigenvalue weighted by Crippen LogP contribution is 2.30. The zero-order valence-corrected chi connectivity index (χ0v) is 17.5. The van der Waals surface area contributed by atoms with Crippen LogP contribution in [0.4, 0.5) is 5.69 Å². The van der Waals surface area contributed by atoms with Crippen LogP contribution in [0.15, 0.2) is 48.5 Å². The monoisotopic (exact) mass is 409 g/mol. The number of β-amino-alcohol motifs (C(OH)–C–C–N with tert-alkyl or cyclic N) is 1. The maximum absolute atomic E-state index is 12.9. The summed E-state index contributed by atoms with van der Waals surface area (Å²) >= 11 is 0. The first-order chi connectivity index (χ1) is 14.6. The second kappa shape index (κ2) is 9.49. The van der Waals surface area contributed by atoms with E-state index >= 15 is 0 Å². The van der Waals surface area contributed by atoms with Crippen molar-refractivity contribution >= 4 is 11.6 Å². The second-order valence-electron chi connectivity index (χ2n) is 8.22. The molecule has 0 bridgehead atoms. The van der Waals surface area contributed by atoms with E-state index in [-0.39, 0.29) is 17.9 Å². The van der Waals surface area contributed by atoms with E-state index in [4.69, 9.17) is 4.74 Å². The summed E-state index contributed by atoms with van der Waals surface area (Å²) in [6.45, 7) is 3.11. The highest BCUT2D eigenvalue weighted by atomic mass is 16.5. The van der Waals surface area contributed by atoms with Crippen LogP contribution >= 0.6 is 0 Å². The summed E-state index contributed by atoms with van der Waals surface area (Å²) in [6.07, 6.45) is 1.92. The standard InChI is InChI=1S/C24H31N3O3/c1-25-24(29)23(30-20-9-10-22-18(14-20)8-5-12-26-22)21(17-6-3-2-4-7-17)16-27-13-11-19(28)15-27/h2-4,6-7,9-10,14,19,21,23,26,28H,5,8,11-13,15-16H2,1H3,(H,25,29)/t19-,21+,23?/m0/s1. The van der Waals surface area contributed by atoms with E-state index in [0.29, 0.717) is 18.8 Å². The number of anilines is 1. The van der Waals surface area contributed by atoms with E-state index in [0.717, 1.165) is 43.6 Å². The molecule has 1 fully saturated rings. The van der Waals surface area contributed by atoms with Crippen LogP contribution in [0.5, 0.6) is 5.75 Å². The number of ether oxygens (including phenoxy) is 1. The van der Waals surface area contributed by atoms with E-state index in [1.165, 1.54) is 5.56 Å². The maximum atomic E-state index is 12.9. The van der Waals surface area contributed by atoms with Gasteiger partial charge in [0.1, 0.15) is 5.75 Å². The molecule has 0 aliphatic carbocycles. The highest BCUT2D eigenvalue weighted by Gasteiger charge is 2.34. The highest BCUT2D eigenvalue weighted by molar-refractivity contribution is 5.82. The fourth-order valence-corrected chi connectivity index (χ4v) is 4.46. The number of hydrogen-bond acceptors (Lipinski definition) is 5. The van der Waals surface area contributed by atoms with Gasteiger partial charge in [0, 0.05) is 44.8 Å². The van der Waals surface area contributed by atoms with Crippen molar-refractivity contribution in [2.24, 2.45) is 0 Å². The van der Waals surface area contributed by atoms with E-state index < -0.39 is 6.10 Å². The fraction of sp³-hybridized carbons (Fsp3) is 0.458. The summed E-state index contributed by atoms with van der Waals surface area (Å²) in [5.41, 5.74) is 3.44. The molecule has 1 unspecified atom stereocenters. The van der Waals surface area contributed by atoms with Crippen LogP contribution in [0.1, 0.15) is 29.9 Å². The fourth-order valence-electron chi connectivity index (χ4n) is 4.46. The molecule has 2 aromatic rings. The lowest BCUT2D eigenvalue weighted by molar-refractivity contribution is -0.128. The third-order valence-electron chi connectivity index (χ3n) is 6.08. The van der Waals surface area contributed by atoms with Gasteiger partial charge in [0.25, 0.3) is 5.91 Å². The first-order valence-corrected chi connectivity index (χ1v) is 10.8. The molecule has 2 aliphatic rings. The Morgan fingerprint density at radius 2 is 2.13 bits per heavy atom. The first kappa shape index (κ1) is 20.7. The van der Waals surface area contributed by atoms with E-state index in [1.807, 2.05) is 42.5 Å². The lowest BCUT2D eigenvalue weighted by atomic mass is 9.91. The van der Waals surface area contributed by atoms with E-state index in [9.17, 15) is 9.90 Å². The van der Waals surface area contributed by atoms with Gasteiger partial charge in [0.05, 0.1) is 6.10 Å². The number of aliphatic hydroxyl groups excluding tert-OH is 1. The Morgan fingerprint density at radius 3 is 2.87 bits per heavy atom. The number of aliphatic hydroxyl groups is 1. The number of carbonyl (C=O) groups excluding carboxylic acids is 1. The van der Waals surface area contributed by atoms with Crippen molar-refractivity contribution in [2.45, 2.75) is 37.4 Å². The van der Waals surface area contributed by atoms with E-state index in [1.54, 1.807) is 7.05 Å². The van der Waals surface area contributed by atoms with Crippen molar-refractivity contribution in [1.82, 2.24) is 10.2 Å². The Bertz CT molecular complexity index is 858. The molecular weight excluding hydrogens is 378 g/mol. The summed E-state index contributed by atoms with van der Waals surface area (Å²) in [5, 5.41) is 16.2. The van der Waals surface area contributed by atoms with E-state index in [2.05, 4.69) is 21.6 Å². The van der Waals surface area contributed by atoms with Crippen LogP contribution in [0.25, 0.3) is 0 Å². The SMILES string of the molecule is CNC(=O)C(Oc1ccc2c(c1)CCCN2)[C@H](CN1CC[C@H](O)C1)c1ccccc1. The number of aryl methyl sites for hydroxylation is 1. The van der Waals surface area contributed by atoms with Crippen molar-refractivity contribution < 1.29 is 14.6 Å². The normalized spacial score (nSPS) is 20.7. The molecule has 2 aliphatic heterocycles. The molecule has 30 heavy (non-hydrogen) atoms. The number of nitrogens with zero attached hydrogens (tertiary/aromatic N) is 1. The van der Waals surface area contributed by atoms with Crippen molar-refractivity contribution in [2.75, 3.05) is 38.5 Å². The molecule has 2 aromatic carbocycles. The van der Waals surface area contributed by atoms with Gasteiger partial charge in [-0.05, 0) is 48.6 Å². The quantitative estimate of drug-likeness (QED) is 0.655. The number of likely N-dealkylation sites (tertiary alicyclic amines) is 1. The largest absolute Gasteiger partial charge is 0.480 e. The predicted octanol–water partition coefficient (Wildman–Crippen LogP) is 2.39. The number of fused-ring (bicyclic) bond motifs is 1. The number of likely N-dealkylation sites (N-methyl/N-ethyl adjacent to an activating group) is 1. The van der Waals surface area contributed by atoms with Gasteiger partial charge in [-0.3, -0.25) is 9.69 Å². The molecule has 6 heteroatoms. The minimum atomic E-state index is -0.662. The summed E-state index contributed by atoms with van der Waals surface area (Å²) < 4.78 is 6.36. The zero-order valence-electron chi connectivity index (χ0n) is 17.5. The molecule has 1 saturated heterocycles. The number of amides is 1. The molecule has 3 atom stereocenters. The van der Waals surface area contributed by atoms with Crippen molar-refractivity contribution in [3.63, 3.8) is 0 Å². The van der Waals surface area contributed by atoms with Gasteiger partial charge >= 0.3 is 0 Å². The number of benzene rings is 2. The molecule has 0 saturated carbocycles. The minimum absolute atomic E-state index is 0.139. The summed E-state index contributed by atoms with van der Waals surface area (Å²) in [4.78, 5) is 15.2. The Balaban J connectivity index is 1.62. The van der Waals surface area contributed by atoms with Gasteiger partial charge in [-0.15, -0.1) is 0 Å². The Kier molecular flexibility index (Phi) is 6.55. The van der Waals surface area contributed by atoms with Gasteiger partial charge in [-0.25, -0.2) is 0 Å². The molecular formula is C24H31N3O3. The average Bonchev–Trinajstić information content (AvgIpc) is 3.20. The maximum Gasteiger partial charge on any atom is 0.261 e. The number of rotatable bonds is 7. The molecule has 0 radical (unpaired) electrons. The first-order valence-electron chi connectivity index (χ1n) is 10.8. The lowest BCUT2D eigenvalue weighted by Crippen LogP contribution is -2.44. The van der Waals surface area contributed by atoms with Crippen LogP contribution < -0.4 is 15.4 Å². The minimum Gasteiger partial charge on any atom is -0.480 e. The summed E-state index contributed by atoms with van der Waals surface area (Å²) in [5.74, 6) is 0.429. The van der Waals surface area contributed by atoms with Crippen molar-refractivity contribution in [3.8, 4) is 5.75 Å². The van der Waals surface area contributed by atoms with Crippen LogP contribution in [-0.4, -0.2) is 61.3 Å². The Labute approximate surface area is 178 Å². The molecule has 0 spiro atoms. The van der Waals surface area contributed by atoms with Gasteiger partial charge < -0.3 is 20.5 Å². The number of hydrogen-bond donors (Lipinski definition) is 3. The summed E-state index contributed by atoms with van der Waals surface area (Å²) in [7, 11) is 1.65. The number of nitrogens with one attached hydrogen (secondary N) is 2. The van der Waals surface area contributed by atoms with Crippen LogP contribution in [0.3, 0.4) is 0 Å². The average molecular weight is 410 g/mol. The van der Waals surface area contributed by atoms with Gasteiger partial charge in [-0.2, -0.15) is 0 Å². The van der Waals surface area contributed by atoms with Crippen LogP contribution in [0.2, 0.25) is 0 Å². The molecule has 6 nitrogen and oxygen atoms in total. The number of carbonyl (C=O) groups is 1. The van der Waals surface area contributed by atoms with Crippen LogP contribution in [0, 0.1) is 0 Å². The Morgan fingerprint density at radius 1 is 1.30 bits per heavy atom. The molecule has 0 aromatic heterocycles. The lowest BCUT2D eigenvalue weighted by Gasteiger charge is -2.31. The third kappa shape index (κ3) is 4.77. The molecule has 3 N–H and O–H groups in total. The second-order valence-corrected chi connectivity index (χ2v) is 8.22. The van der Waals surface area contributed by atoms with Crippen LogP contribution in [-0.2, 0) is 11.2 Å². The van der Waals surface area contributed by atoms with Gasteiger partial charge in [0.15, 0.2) is 6.10 Å². The van der Waals surface area contributed by atoms with Gasteiger partial charge in [-0.1, -0.05) is 30.3 Å². The molecule has 2 heterocycles. The Hall–Kier alpha value is -2.57. The zero-order chi connectivity index (χ0) is 20.9. The third-order valence-corrected chi connectivity index (χ3v) is 6.08. The molecule has 160 valence electrons. The molecule has 1 amide bonds. The predicted molar refractivity (Wildman–Crippen MR) is 118 cm³/mol. The van der Waals surface area contributed by atoms with Gasteiger partial charge in [0.2, 0.25) is 0 Å².